The van der Waals surface area contributed by atoms with Crippen LogP contribution < -0.4 is 15.0 Å². The number of ether oxygens (including phenoxy) is 2. The van der Waals surface area contributed by atoms with Crippen LogP contribution in [-0.2, 0) is 14.8 Å². The molecule has 0 bridgehead atoms. The van der Waals surface area contributed by atoms with Crippen LogP contribution in [0.1, 0.15) is 62.2 Å². The average molecular weight is 638 g/mol. The Morgan fingerprint density at radius 2 is 1.44 bits per heavy atom. The van der Waals surface area contributed by atoms with Crippen LogP contribution in [0.25, 0.3) is 11.1 Å². The minimum Gasteiger partial charge on any atom is -0.497 e. The molecule has 1 saturated heterocycles. The van der Waals surface area contributed by atoms with Crippen molar-refractivity contribution in [2.75, 3.05) is 33.4 Å². The number of hydroxylamine groups is 1. The predicted octanol–water partition coefficient (Wildman–Crippen LogP) is 5.51. The fraction of sp³-hybridized carbons (Fsp3) is 0.412. The molecule has 1 fully saturated rings. The highest BCUT2D eigenvalue weighted by atomic mass is 32.2. The molecule has 0 aromatic heterocycles. The van der Waals surface area contributed by atoms with Gasteiger partial charge in [0, 0.05) is 31.6 Å². The third kappa shape index (κ3) is 9.06. The zero-order valence-electron chi connectivity index (χ0n) is 26.0. The minimum absolute atomic E-state index is 0.00512. The highest BCUT2D eigenvalue weighted by Crippen LogP contribution is 2.27. The summed E-state index contributed by atoms with van der Waals surface area (Å²) in [6.45, 7) is 3.05. The van der Waals surface area contributed by atoms with Gasteiger partial charge in [-0.15, -0.1) is 0 Å². The van der Waals surface area contributed by atoms with Gasteiger partial charge in [0.1, 0.15) is 11.5 Å². The van der Waals surface area contributed by atoms with Crippen molar-refractivity contribution < 1.29 is 32.7 Å². The van der Waals surface area contributed by atoms with Crippen molar-refractivity contribution in [1.82, 2.24) is 14.7 Å². The summed E-state index contributed by atoms with van der Waals surface area (Å²) in [5, 5.41) is 9.13. The van der Waals surface area contributed by atoms with E-state index in [0.29, 0.717) is 17.9 Å². The molecule has 242 valence electrons. The molecule has 0 radical (unpaired) electrons. The van der Waals surface area contributed by atoms with Gasteiger partial charge in [0.15, 0.2) is 0 Å². The van der Waals surface area contributed by atoms with Crippen LogP contribution in [0.5, 0.6) is 11.5 Å². The number of piperazine rings is 1. The summed E-state index contributed by atoms with van der Waals surface area (Å²) in [6.07, 6.45) is 6.98. The number of nitrogens with one attached hydrogen (secondary N) is 1. The monoisotopic (exact) mass is 637 g/mol. The summed E-state index contributed by atoms with van der Waals surface area (Å²) < 4.78 is 39.2. The zero-order chi connectivity index (χ0) is 32.2. The van der Waals surface area contributed by atoms with E-state index in [4.69, 9.17) is 14.7 Å². The van der Waals surface area contributed by atoms with Crippen molar-refractivity contribution >= 4 is 21.8 Å². The SMILES string of the molecule is CCCCCCCCOc1ccc(-c2ccc(C(=O)N3CCN(S(=O)(=O)c4ccc(OC)cc4)C(CC(=O)NO)C3)cc2)cc1. The average Bonchev–Trinajstić information content (AvgIpc) is 3.07. The molecule has 1 aliphatic rings. The Bertz CT molecular complexity index is 1490. The molecule has 1 aliphatic heterocycles. The topological polar surface area (TPSA) is 125 Å². The Morgan fingerprint density at radius 1 is 0.844 bits per heavy atom. The van der Waals surface area contributed by atoms with Gasteiger partial charge < -0.3 is 14.4 Å². The first-order valence-electron chi connectivity index (χ1n) is 15.5. The third-order valence-electron chi connectivity index (χ3n) is 8.01. The van der Waals surface area contributed by atoms with E-state index in [-0.39, 0.29) is 36.9 Å². The highest BCUT2D eigenvalue weighted by Gasteiger charge is 2.38. The standard InChI is InChI=1S/C34H43N3O7S/c1-3-4-5-6-7-8-23-44-31-15-13-27(14-16-31)26-9-11-28(12-10-26)34(39)36-21-22-37(29(25-36)24-33(38)35-40)45(41,42)32-19-17-30(43-2)18-20-32/h9-20,29,40H,3-8,21-25H2,1-2H3,(H,35,38). The predicted molar refractivity (Wildman–Crippen MR) is 172 cm³/mol. The molecule has 1 atom stereocenters. The van der Waals surface area contributed by atoms with E-state index < -0.39 is 22.0 Å². The third-order valence-corrected chi connectivity index (χ3v) is 9.98. The zero-order valence-corrected chi connectivity index (χ0v) is 26.8. The molecule has 1 heterocycles. The molecular weight excluding hydrogens is 594 g/mol. The first-order valence-corrected chi connectivity index (χ1v) is 16.9. The van der Waals surface area contributed by atoms with Gasteiger partial charge in [0.05, 0.1) is 24.7 Å². The maximum Gasteiger partial charge on any atom is 0.253 e. The maximum absolute atomic E-state index is 13.5. The van der Waals surface area contributed by atoms with Crippen molar-refractivity contribution in [1.29, 1.82) is 0 Å². The van der Waals surface area contributed by atoms with Crippen molar-refractivity contribution in [3.63, 3.8) is 0 Å². The van der Waals surface area contributed by atoms with E-state index in [1.807, 2.05) is 36.4 Å². The summed E-state index contributed by atoms with van der Waals surface area (Å²) >= 11 is 0. The second-order valence-electron chi connectivity index (χ2n) is 11.2. The number of rotatable bonds is 15. The summed E-state index contributed by atoms with van der Waals surface area (Å²) in [4.78, 5) is 27.2. The number of hydrogen-bond donors (Lipinski definition) is 2. The number of amides is 2. The van der Waals surface area contributed by atoms with E-state index in [1.165, 1.54) is 55.7 Å². The first kappa shape index (κ1) is 34.0. The van der Waals surface area contributed by atoms with Crippen LogP contribution in [0.15, 0.2) is 77.7 Å². The quantitative estimate of drug-likeness (QED) is 0.128. The maximum atomic E-state index is 13.5. The van der Waals surface area contributed by atoms with E-state index in [9.17, 15) is 18.0 Å². The Hall–Kier alpha value is -3.93. The van der Waals surface area contributed by atoms with Crippen molar-refractivity contribution in [2.45, 2.75) is 62.8 Å². The minimum atomic E-state index is -3.99. The van der Waals surface area contributed by atoms with Crippen LogP contribution in [0.3, 0.4) is 0 Å². The van der Waals surface area contributed by atoms with Gasteiger partial charge in [-0.2, -0.15) is 4.31 Å². The van der Waals surface area contributed by atoms with Crippen molar-refractivity contribution in [3.8, 4) is 22.6 Å². The molecule has 0 aliphatic carbocycles. The van der Waals surface area contributed by atoms with Crippen molar-refractivity contribution in [2.24, 2.45) is 0 Å². The lowest BCUT2D eigenvalue weighted by Gasteiger charge is -2.40. The van der Waals surface area contributed by atoms with Gasteiger partial charge in [-0.3, -0.25) is 14.8 Å². The number of methoxy groups -OCH3 is 1. The van der Waals surface area contributed by atoms with Gasteiger partial charge in [-0.25, -0.2) is 13.9 Å². The van der Waals surface area contributed by atoms with Gasteiger partial charge in [0.2, 0.25) is 15.9 Å². The van der Waals surface area contributed by atoms with Gasteiger partial charge in [-0.1, -0.05) is 63.3 Å². The van der Waals surface area contributed by atoms with Gasteiger partial charge in [-0.05, 0) is 66.1 Å². The van der Waals surface area contributed by atoms with Gasteiger partial charge >= 0.3 is 0 Å². The normalized spacial score (nSPS) is 15.4. The van der Waals surface area contributed by atoms with Gasteiger partial charge in [0.25, 0.3) is 5.91 Å². The number of sulfonamides is 1. The molecule has 0 spiro atoms. The lowest BCUT2D eigenvalue weighted by atomic mass is 10.0. The fourth-order valence-corrected chi connectivity index (χ4v) is 7.06. The lowest BCUT2D eigenvalue weighted by molar-refractivity contribution is -0.130. The molecule has 3 aromatic rings. The van der Waals surface area contributed by atoms with Crippen LogP contribution >= 0.6 is 0 Å². The smallest absolute Gasteiger partial charge is 0.253 e. The molecule has 1 unspecified atom stereocenters. The van der Waals surface area contributed by atoms with E-state index >= 15 is 0 Å². The molecule has 2 amide bonds. The molecule has 2 N–H and O–H groups in total. The molecular formula is C34H43N3O7S. The number of carbonyl (C=O) groups is 2. The largest absolute Gasteiger partial charge is 0.497 e. The Balaban J connectivity index is 1.38. The highest BCUT2D eigenvalue weighted by molar-refractivity contribution is 7.89. The Labute approximate surface area is 266 Å². The molecule has 10 nitrogen and oxygen atoms in total. The number of benzene rings is 3. The molecule has 11 heteroatoms. The van der Waals surface area contributed by atoms with E-state index in [2.05, 4.69) is 6.92 Å². The molecule has 3 aromatic carbocycles. The molecule has 4 rings (SSSR count). The van der Waals surface area contributed by atoms with Crippen LogP contribution in [0.4, 0.5) is 0 Å². The van der Waals surface area contributed by atoms with E-state index in [1.54, 1.807) is 34.6 Å². The number of unbranched alkanes of at least 4 members (excludes halogenated alkanes) is 5. The van der Waals surface area contributed by atoms with Crippen LogP contribution in [-0.4, -0.2) is 74.0 Å². The van der Waals surface area contributed by atoms with Crippen LogP contribution in [0, 0.1) is 0 Å². The summed E-state index contributed by atoms with van der Waals surface area (Å²) in [6, 6.07) is 20.2. The summed E-state index contributed by atoms with van der Waals surface area (Å²) in [7, 11) is -2.50. The number of carbonyl (C=O) groups excluding carboxylic acids is 2. The fourth-order valence-electron chi connectivity index (χ4n) is 5.45. The Morgan fingerprint density at radius 3 is 2.07 bits per heavy atom. The lowest BCUT2D eigenvalue weighted by Crippen LogP contribution is -2.57. The van der Waals surface area contributed by atoms with Crippen LogP contribution in [0.2, 0.25) is 0 Å². The summed E-state index contributed by atoms with van der Waals surface area (Å²) in [5.74, 6) is 0.330. The van der Waals surface area contributed by atoms with Crippen molar-refractivity contribution in [3.05, 3.63) is 78.4 Å². The second-order valence-corrected chi connectivity index (χ2v) is 13.0. The number of hydrogen-bond acceptors (Lipinski definition) is 7. The first-order chi connectivity index (χ1) is 21.8. The molecule has 0 saturated carbocycles. The summed E-state index contributed by atoms with van der Waals surface area (Å²) in [5.41, 5.74) is 3.97. The molecule has 45 heavy (non-hydrogen) atoms. The number of nitrogens with zero attached hydrogens (tertiary/aromatic N) is 2. The Kier molecular flexibility index (Phi) is 12.4. The van der Waals surface area contributed by atoms with E-state index in [0.717, 1.165) is 23.3 Å². The second kappa shape index (κ2) is 16.4.